The Kier molecular flexibility index (Phi) is 3.81. The van der Waals surface area contributed by atoms with Gasteiger partial charge in [-0.15, -0.1) is 0 Å². The molecule has 1 aliphatic rings. The first-order chi connectivity index (χ1) is 7.34. The summed E-state index contributed by atoms with van der Waals surface area (Å²) in [6.45, 7) is 1.15. The van der Waals surface area contributed by atoms with E-state index < -0.39 is 42.5 Å². The van der Waals surface area contributed by atoms with Crippen molar-refractivity contribution >= 4 is 11.9 Å². The van der Waals surface area contributed by atoms with Crippen molar-refractivity contribution < 1.29 is 34.8 Å². The Morgan fingerprint density at radius 1 is 1.19 bits per heavy atom. The van der Waals surface area contributed by atoms with Crippen molar-refractivity contribution in [1.82, 2.24) is 5.32 Å². The van der Waals surface area contributed by atoms with E-state index in [4.69, 9.17) is 5.11 Å². The highest BCUT2D eigenvalue weighted by Gasteiger charge is 2.47. The summed E-state index contributed by atoms with van der Waals surface area (Å²) in [6, 6.07) is -1.26. The number of rotatable bonds is 2. The van der Waals surface area contributed by atoms with Crippen LogP contribution in [0, 0.1) is 0 Å². The number of nitrogens with one attached hydrogen (secondary N) is 1. The molecule has 5 atom stereocenters. The number of hydrogen-bond acceptors (Lipinski definition) is 6. The lowest BCUT2D eigenvalue weighted by Crippen LogP contribution is -2.64. The van der Waals surface area contributed by atoms with Crippen LogP contribution in [0.5, 0.6) is 0 Å². The van der Waals surface area contributed by atoms with E-state index in [2.05, 4.69) is 10.1 Å². The van der Waals surface area contributed by atoms with Crippen LogP contribution < -0.4 is 5.32 Å². The predicted octanol–water partition coefficient (Wildman–Crippen LogP) is -2.99. The molecule has 5 N–H and O–H groups in total. The van der Waals surface area contributed by atoms with Crippen LogP contribution in [0.3, 0.4) is 0 Å². The topological polar surface area (TPSA) is 136 Å². The van der Waals surface area contributed by atoms with E-state index in [1.807, 2.05) is 0 Å². The van der Waals surface area contributed by atoms with E-state index in [0.29, 0.717) is 0 Å². The molecular weight excluding hydrogens is 222 g/mol. The molecule has 92 valence electrons. The normalized spacial score (nSPS) is 39.1. The van der Waals surface area contributed by atoms with Crippen LogP contribution in [0.15, 0.2) is 0 Å². The van der Waals surface area contributed by atoms with Crippen molar-refractivity contribution in [2.75, 3.05) is 0 Å². The van der Waals surface area contributed by atoms with E-state index in [0.717, 1.165) is 6.92 Å². The first kappa shape index (κ1) is 12.8. The zero-order chi connectivity index (χ0) is 12.5. The van der Waals surface area contributed by atoms with Gasteiger partial charge < -0.3 is 30.5 Å². The smallest absolute Gasteiger partial charge is 0.335 e. The maximum absolute atomic E-state index is 10.7. The van der Waals surface area contributed by atoms with Crippen molar-refractivity contribution in [1.29, 1.82) is 0 Å². The number of aliphatic hydroxyl groups is 3. The van der Waals surface area contributed by atoms with Crippen LogP contribution in [-0.4, -0.2) is 62.9 Å². The standard InChI is InChI=1S/C8H13NO7/c1-2(10)9-3-4(11)5(12)6(7(13)14)16-8(3)15/h3-6,8,11-12,15H,1H3,(H,9,10)(H,13,14)/t3-,4?,5+,6?,8+/m0/s1. The highest BCUT2D eigenvalue weighted by molar-refractivity contribution is 5.74. The lowest BCUT2D eigenvalue weighted by Gasteiger charge is -2.39. The Bertz CT molecular complexity index is 294. The predicted molar refractivity (Wildman–Crippen MR) is 48.1 cm³/mol. The Labute approximate surface area is 90.5 Å². The van der Waals surface area contributed by atoms with Gasteiger partial charge in [0.15, 0.2) is 12.4 Å². The number of hydrogen-bond donors (Lipinski definition) is 5. The summed E-state index contributed by atoms with van der Waals surface area (Å²) in [5.74, 6) is -2.06. The molecule has 0 radical (unpaired) electrons. The van der Waals surface area contributed by atoms with Gasteiger partial charge in [-0.05, 0) is 0 Å². The fraction of sp³-hybridized carbons (Fsp3) is 0.750. The number of carboxylic acid groups (broad SMARTS) is 1. The van der Waals surface area contributed by atoms with E-state index in [9.17, 15) is 24.9 Å². The SMILES string of the molecule is CC(=O)N[C@H]1C(O)[C@@H](O)C(C(=O)O)O[C@H]1O. The number of aliphatic carboxylic acids is 1. The van der Waals surface area contributed by atoms with Crippen molar-refractivity contribution in [2.45, 2.75) is 37.6 Å². The summed E-state index contributed by atoms with van der Waals surface area (Å²) >= 11 is 0. The van der Waals surface area contributed by atoms with Gasteiger partial charge in [0, 0.05) is 6.92 Å². The number of amides is 1. The molecule has 0 aliphatic carbocycles. The average Bonchev–Trinajstić information content (AvgIpc) is 2.17. The first-order valence-electron chi connectivity index (χ1n) is 4.54. The minimum Gasteiger partial charge on any atom is -0.479 e. The second-order valence-electron chi connectivity index (χ2n) is 3.49. The van der Waals surface area contributed by atoms with Crippen LogP contribution in [-0.2, 0) is 14.3 Å². The zero-order valence-electron chi connectivity index (χ0n) is 8.40. The molecule has 0 aromatic carbocycles. The van der Waals surface area contributed by atoms with E-state index in [1.54, 1.807) is 0 Å². The molecule has 0 spiro atoms. The van der Waals surface area contributed by atoms with Gasteiger partial charge in [0.25, 0.3) is 0 Å². The van der Waals surface area contributed by atoms with Crippen LogP contribution in [0.25, 0.3) is 0 Å². The van der Waals surface area contributed by atoms with Gasteiger partial charge in [-0.3, -0.25) is 4.79 Å². The maximum Gasteiger partial charge on any atom is 0.335 e. The quantitative estimate of drug-likeness (QED) is 0.344. The van der Waals surface area contributed by atoms with E-state index in [-0.39, 0.29) is 0 Å². The largest absolute Gasteiger partial charge is 0.479 e. The Balaban J connectivity index is 2.79. The van der Waals surface area contributed by atoms with Gasteiger partial charge >= 0.3 is 5.97 Å². The molecular formula is C8H13NO7. The first-order valence-corrected chi connectivity index (χ1v) is 4.54. The highest BCUT2D eigenvalue weighted by Crippen LogP contribution is 2.20. The third-order valence-corrected chi connectivity index (χ3v) is 2.23. The number of carboxylic acids is 1. The molecule has 2 unspecified atom stereocenters. The van der Waals surface area contributed by atoms with E-state index >= 15 is 0 Å². The summed E-state index contributed by atoms with van der Waals surface area (Å²) in [4.78, 5) is 21.3. The van der Waals surface area contributed by atoms with Crippen LogP contribution in [0.4, 0.5) is 0 Å². The lowest BCUT2D eigenvalue weighted by atomic mass is 9.97. The minimum atomic E-state index is -1.73. The van der Waals surface area contributed by atoms with Crippen LogP contribution in [0.2, 0.25) is 0 Å². The third kappa shape index (κ3) is 2.47. The van der Waals surface area contributed by atoms with Gasteiger partial charge in [0.2, 0.25) is 5.91 Å². The molecule has 1 amide bonds. The number of carbonyl (C=O) groups excluding carboxylic acids is 1. The van der Waals surface area contributed by atoms with Crippen LogP contribution in [0.1, 0.15) is 6.92 Å². The van der Waals surface area contributed by atoms with Crippen molar-refractivity contribution in [3.05, 3.63) is 0 Å². The van der Waals surface area contributed by atoms with Crippen molar-refractivity contribution in [3.8, 4) is 0 Å². The molecule has 8 nitrogen and oxygen atoms in total. The summed E-state index contributed by atoms with van der Waals surface area (Å²) < 4.78 is 4.58. The molecule has 0 bridgehead atoms. The average molecular weight is 235 g/mol. The second-order valence-corrected chi connectivity index (χ2v) is 3.49. The third-order valence-electron chi connectivity index (χ3n) is 2.23. The zero-order valence-corrected chi connectivity index (χ0v) is 8.40. The van der Waals surface area contributed by atoms with Crippen molar-refractivity contribution in [2.24, 2.45) is 0 Å². The molecule has 1 fully saturated rings. The maximum atomic E-state index is 10.7. The Morgan fingerprint density at radius 3 is 2.19 bits per heavy atom. The van der Waals surface area contributed by atoms with Crippen LogP contribution >= 0.6 is 0 Å². The fourth-order valence-electron chi connectivity index (χ4n) is 1.47. The summed E-state index contributed by atoms with van der Waals surface area (Å²) in [7, 11) is 0. The molecule has 1 aliphatic heterocycles. The molecule has 16 heavy (non-hydrogen) atoms. The Hall–Kier alpha value is -1.22. The second kappa shape index (κ2) is 4.74. The number of aliphatic hydroxyl groups excluding tert-OH is 3. The summed E-state index contributed by atoms with van der Waals surface area (Å²) in [5, 5.41) is 39.0. The Morgan fingerprint density at radius 2 is 1.75 bits per heavy atom. The molecule has 0 aromatic heterocycles. The fourth-order valence-corrected chi connectivity index (χ4v) is 1.47. The summed E-state index contributed by atoms with van der Waals surface area (Å²) in [6.07, 6.45) is -6.76. The van der Waals surface area contributed by atoms with E-state index in [1.165, 1.54) is 0 Å². The molecule has 8 heteroatoms. The number of ether oxygens (including phenoxy) is 1. The van der Waals surface area contributed by atoms with Crippen molar-refractivity contribution in [3.63, 3.8) is 0 Å². The molecule has 1 saturated heterocycles. The highest BCUT2D eigenvalue weighted by atomic mass is 16.6. The minimum absolute atomic E-state index is 0.548. The summed E-state index contributed by atoms with van der Waals surface area (Å²) in [5.41, 5.74) is 0. The molecule has 0 aromatic rings. The van der Waals surface area contributed by atoms with Gasteiger partial charge in [-0.2, -0.15) is 0 Å². The van der Waals surface area contributed by atoms with Gasteiger partial charge in [0.05, 0.1) is 0 Å². The van der Waals surface area contributed by atoms with Gasteiger partial charge in [-0.1, -0.05) is 0 Å². The lowest BCUT2D eigenvalue weighted by molar-refractivity contribution is -0.249. The molecule has 1 rings (SSSR count). The van der Waals surface area contributed by atoms with Gasteiger partial charge in [-0.25, -0.2) is 4.79 Å². The monoisotopic (exact) mass is 235 g/mol. The molecule has 0 saturated carbocycles. The van der Waals surface area contributed by atoms with Gasteiger partial charge in [0.1, 0.15) is 18.2 Å². The number of carbonyl (C=O) groups is 2. The molecule has 1 heterocycles.